The molecule has 1 atom stereocenters. The third kappa shape index (κ3) is 2.69. The second-order valence-electron chi connectivity index (χ2n) is 5.03. The molecule has 1 unspecified atom stereocenters. The molecule has 2 aliphatic heterocycles. The molecule has 4 heteroatoms. The average Bonchev–Trinajstić information content (AvgIpc) is 2.79. The number of rotatable bonds is 2. The van der Waals surface area contributed by atoms with Crippen molar-refractivity contribution in [2.75, 3.05) is 26.2 Å². The van der Waals surface area contributed by atoms with Gasteiger partial charge in [-0.15, -0.1) is 0 Å². The third-order valence-corrected chi connectivity index (χ3v) is 4.31. The summed E-state index contributed by atoms with van der Waals surface area (Å²) in [5.74, 6) is 0. The highest BCUT2D eigenvalue weighted by Gasteiger charge is 2.30. The SMILES string of the molecule is Brc1ccc(CN2CCN3CCCC3C2)nc1. The summed E-state index contributed by atoms with van der Waals surface area (Å²) in [6, 6.07) is 5.00. The predicted molar refractivity (Wildman–Crippen MR) is 71.8 cm³/mol. The predicted octanol–water partition coefficient (Wildman–Crippen LogP) is 2.12. The van der Waals surface area contributed by atoms with E-state index in [0.29, 0.717) is 0 Å². The summed E-state index contributed by atoms with van der Waals surface area (Å²) in [5.41, 5.74) is 1.18. The number of hydrogen-bond donors (Lipinski definition) is 0. The summed E-state index contributed by atoms with van der Waals surface area (Å²) in [4.78, 5) is 9.64. The summed E-state index contributed by atoms with van der Waals surface area (Å²) in [5, 5.41) is 0. The van der Waals surface area contributed by atoms with Gasteiger partial charge >= 0.3 is 0 Å². The van der Waals surface area contributed by atoms with Crippen LogP contribution >= 0.6 is 15.9 Å². The van der Waals surface area contributed by atoms with Gasteiger partial charge in [0.15, 0.2) is 0 Å². The van der Waals surface area contributed by atoms with Crippen molar-refractivity contribution in [2.45, 2.75) is 25.4 Å². The molecule has 0 N–H and O–H groups in total. The molecule has 0 radical (unpaired) electrons. The van der Waals surface area contributed by atoms with Gasteiger partial charge in [-0.3, -0.25) is 14.8 Å². The maximum Gasteiger partial charge on any atom is 0.0544 e. The van der Waals surface area contributed by atoms with Crippen molar-refractivity contribution in [3.63, 3.8) is 0 Å². The van der Waals surface area contributed by atoms with Crippen molar-refractivity contribution < 1.29 is 0 Å². The molecule has 0 amide bonds. The first-order valence-electron chi connectivity index (χ1n) is 6.38. The number of aromatic nitrogens is 1. The maximum absolute atomic E-state index is 4.46. The molecule has 3 nitrogen and oxygen atoms in total. The van der Waals surface area contributed by atoms with Crippen molar-refractivity contribution >= 4 is 15.9 Å². The highest BCUT2D eigenvalue weighted by atomic mass is 79.9. The van der Waals surface area contributed by atoms with E-state index in [1.165, 1.54) is 44.7 Å². The summed E-state index contributed by atoms with van der Waals surface area (Å²) >= 11 is 3.42. The Kier molecular flexibility index (Phi) is 3.45. The smallest absolute Gasteiger partial charge is 0.0544 e. The fourth-order valence-corrected chi connectivity index (χ4v) is 3.16. The minimum Gasteiger partial charge on any atom is -0.298 e. The lowest BCUT2D eigenvalue weighted by molar-refractivity contribution is 0.0984. The third-order valence-electron chi connectivity index (χ3n) is 3.85. The van der Waals surface area contributed by atoms with Crippen molar-refractivity contribution in [1.29, 1.82) is 0 Å². The van der Waals surface area contributed by atoms with Crippen LogP contribution in [0.2, 0.25) is 0 Å². The molecule has 0 aromatic carbocycles. The molecule has 0 bridgehead atoms. The molecule has 1 aromatic rings. The Hall–Kier alpha value is -0.450. The second-order valence-corrected chi connectivity index (χ2v) is 5.95. The van der Waals surface area contributed by atoms with E-state index in [-0.39, 0.29) is 0 Å². The van der Waals surface area contributed by atoms with Crippen LogP contribution in [0.15, 0.2) is 22.8 Å². The number of piperazine rings is 1. The lowest BCUT2D eigenvalue weighted by Crippen LogP contribution is -2.49. The van der Waals surface area contributed by atoms with Crippen LogP contribution in [0.4, 0.5) is 0 Å². The number of fused-ring (bicyclic) bond motifs is 1. The Balaban J connectivity index is 1.60. The molecular formula is C13H18BrN3. The molecule has 1 aromatic heterocycles. The first kappa shape index (κ1) is 11.6. The summed E-state index contributed by atoms with van der Waals surface area (Å²) < 4.78 is 1.06. The van der Waals surface area contributed by atoms with E-state index in [4.69, 9.17) is 0 Å². The van der Waals surface area contributed by atoms with Crippen LogP contribution in [0.25, 0.3) is 0 Å². The fraction of sp³-hybridized carbons (Fsp3) is 0.615. The van der Waals surface area contributed by atoms with Crippen LogP contribution in [0.1, 0.15) is 18.5 Å². The maximum atomic E-state index is 4.46. The van der Waals surface area contributed by atoms with E-state index < -0.39 is 0 Å². The molecule has 2 aliphatic rings. The second kappa shape index (κ2) is 5.04. The molecule has 0 aliphatic carbocycles. The molecule has 2 saturated heterocycles. The van der Waals surface area contributed by atoms with Gasteiger partial charge in [0.05, 0.1) is 5.69 Å². The zero-order valence-electron chi connectivity index (χ0n) is 9.98. The van der Waals surface area contributed by atoms with Gasteiger partial charge in [-0.1, -0.05) is 0 Å². The van der Waals surface area contributed by atoms with E-state index in [0.717, 1.165) is 17.1 Å². The van der Waals surface area contributed by atoms with Gasteiger partial charge in [-0.25, -0.2) is 0 Å². The summed E-state index contributed by atoms with van der Waals surface area (Å²) in [7, 11) is 0. The quantitative estimate of drug-likeness (QED) is 0.833. The fourth-order valence-electron chi connectivity index (χ4n) is 2.93. The standard InChI is InChI=1S/C13H18BrN3/c14-11-3-4-12(15-8-11)9-16-6-7-17-5-1-2-13(17)10-16/h3-4,8,13H,1-2,5-7,9-10H2. The van der Waals surface area contributed by atoms with Gasteiger partial charge in [-0.2, -0.15) is 0 Å². The molecule has 0 saturated carbocycles. The van der Waals surface area contributed by atoms with Gasteiger partial charge < -0.3 is 0 Å². The first-order valence-corrected chi connectivity index (χ1v) is 7.17. The summed E-state index contributed by atoms with van der Waals surface area (Å²) in [6.07, 6.45) is 4.65. The molecule has 3 heterocycles. The lowest BCUT2D eigenvalue weighted by Gasteiger charge is -2.37. The number of hydrogen-bond acceptors (Lipinski definition) is 3. The van der Waals surface area contributed by atoms with Crippen molar-refractivity contribution in [3.05, 3.63) is 28.5 Å². The normalized spacial score (nSPS) is 26.1. The topological polar surface area (TPSA) is 19.4 Å². The molecule has 0 spiro atoms. The van der Waals surface area contributed by atoms with Gasteiger partial charge in [0, 0.05) is 42.9 Å². The van der Waals surface area contributed by atoms with Gasteiger partial charge in [0.2, 0.25) is 0 Å². The van der Waals surface area contributed by atoms with E-state index in [9.17, 15) is 0 Å². The van der Waals surface area contributed by atoms with Crippen LogP contribution in [-0.4, -0.2) is 47.0 Å². The zero-order valence-corrected chi connectivity index (χ0v) is 11.6. The molecule has 92 valence electrons. The highest BCUT2D eigenvalue weighted by Crippen LogP contribution is 2.22. The van der Waals surface area contributed by atoms with Crippen molar-refractivity contribution in [1.82, 2.24) is 14.8 Å². The average molecular weight is 296 g/mol. The zero-order chi connectivity index (χ0) is 11.7. The van der Waals surface area contributed by atoms with Gasteiger partial charge in [0.1, 0.15) is 0 Å². The van der Waals surface area contributed by atoms with E-state index in [2.05, 4.69) is 42.8 Å². The minimum absolute atomic E-state index is 0.805. The Bertz CT molecular complexity index is 379. The monoisotopic (exact) mass is 295 g/mol. The number of halogens is 1. The minimum atomic E-state index is 0.805. The van der Waals surface area contributed by atoms with Crippen LogP contribution in [-0.2, 0) is 6.54 Å². The van der Waals surface area contributed by atoms with Crippen molar-refractivity contribution in [3.8, 4) is 0 Å². The van der Waals surface area contributed by atoms with E-state index in [1.807, 2.05) is 6.20 Å². The molecule has 3 rings (SSSR count). The lowest BCUT2D eigenvalue weighted by atomic mass is 10.1. The Morgan fingerprint density at radius 2 is 2.24 bits per heavy atom. The Morgan fingerprint density at radius 3 is 3.06 bits per heavy atom. The van der Waals surface area contributed by atoms with Crippen LogP contribution in [0.3, 0.4) is 0 Å². The van der Waals surface area contributed by atoms with Gasteiger partial charge in [-0.05, 0) is 47.4 Å². The largest absolute Gasteiger partial charge is 0.298 e. The van der Waals surface area contributed by atoms with E-state index >= 15 is 0 Å². The van der Waals surface area contributed by atoms with Crippen LogP contribution < -0.4 is 0 Å². The van der Waals surface area contributed by atoms with Gasteiger partial charge in [0.25, 0.3) is 0 Å². The van der Waals surface area contributed by atoms with Crippen LogP contribution in [0.5, 0.6) is 0 Å². The molecule has 17 heavy (non-hydrogen) atoms. The number of nitrogens with zero attached hydrogens (tertiary/aromatic N) is 3. The highest BCUT2D eigenvalue weighted by molar-refractivity contribution is 9.10. The Morgan fingerprint density at radius 1 is 1.29 bits per heavy atom. The van der Waals surface area contributed by atoms with Crippen LogP contribution in [0, 0.1) is 0 Å². The first-order chi connectivity index (χ1) is 8.31. The molecular weight excluding hydrogens is 278 g/mol. The molecule has 2 fully saturated rings. The Labute approximate surface area is 111 Å². The number of pyridine rings is 1. The summed E-state index contributed by atoms with van der Waals surface area (Å²) in [6.45, 7) is 5.96. The van der Waals surface area contributed by atoms with Crippen molar-refractivity contribution in [2.24, 2.45) is 0 Å². The van der Waals surface area contributed by atoms with E-state index in [1.54, 1.807) is 0 Å².